The molecule has 0 saturated carbocycles. The highest BCUT2D eigenvalue weighted by molar-refractivity contribution is 6.31. The van der Waals surface area contributed by atoms with Gasteiger partial charge in [-0.1, -0.05) is 56.5 Å². The minimum absolute atomic E-state index is 0.103. The molecule has 2 nitrogen and oxygen atoms in total. The molecule has 1 aromatic carbocycles. The molecule has 1 atom stereocenters. The topological polar surface area (TPSA) is 29.1 Å². The SMILES string of the molecule is CCCC(C)CC(=O)NCc1ccccc1Cl. The number of carbonyl (C=O) groups excluding carboxylic acids is 1. The maximum Gasteiger partial charge on any atom is 0.220 e. The Morgan fingerprint density at radius 1 is 1.41 bits per heavy atom. The van der Waals surface area contributed by atoms with Gasteiger partial charge in [-0.05, 0) is 17.5 Å². The summed E-state index contributed by atoms with van der Waals surface area (Å²) in [4.78, 5) is 11.7. The lowest BCUT2D eigenvalue weighted by molar-refractivity contribution is -0.122. The number of nitrogens with one attached hydrogen (secondary N) is 1. The predicted molar refractivity (Wildman–Crippen MR) is 72.0 cm³/mol. The molecule has 1 rings (SSSR count). The van der Waals surface area contributed by atoms with Gasteiger partial charge in [0.25, 0.3) is 0 Å². The molecule has 0 radical (unpaired) electrons. The van der Waals surface area contributed by atoms with Gasteiger partial charge in [0.1, 0.15) is 0 Å². The second kappa shape index (κ2) is 7.33. The Bertz CT molecular complexity index is 365. The molecule has 0 aliphatic heterocycles. The molecule has 0 aliphatic carbocycles. The van der Waals surface area contributed by atoms with Crippen LogP contribution in [0.1, 0.15) is 38.7 Å². The zero-order chi connectivity index (χ0) is 12.7. The van der Waals surface area contributed by atoms with Gasteiger partial charge in [0.2, 0.25) is 5.91 Å². The zero-order valence-corrected chi connectivity index (χ0v) is 11.3. The van der Waals surface area contributed by atoms with Crippen molar-refractivity contribution in [3.05, 3.63) is 34.9 Å². The van der Waals surface area contributed by atoms with Crippen molar-refractivity contribution >= 4 is 17.5 Å². The standard InChI is InChI=1S/C14H20ClNO/c1-3-6-11(2)9-14(17)16-10-12-7-4-5-8-13(12)15/h4-5,7-8,11H,3,6,9-10H2,1-2H3,(H,16,17). The Labute approximate surface area is 108 Å². The lowest BCUT2D eigenvalue weighted by Gasteiger charge is -2.11. The third-order valence-electron chi connectivity index (χ3n) is 2.75. The van der Waals surface area contributed by atoms with Crippen LogP contribution in [0.4, 0.5) is 0 Å². The van der Waals surface area contributed by atoms with Crippen molar-refractivity contribution in [1.82, 2.24) is 5.32 Å². The molecule has 0 spiro atoms. The molecule has 3 heteroatoms. The van der Waals surface area contributed by atoms with Gasteiger partial charge in [-0.2, -0.15) is 0 Å². The molecular formula is C14H20ClNO. The van der Waals surface area contributed by atoms with Crippen LogP contribution in [0.3, 0.4) is 0 Å². The van der Waals surface area contributed by atoms with Crippen LogP contribution in [0.15, 0.2) is 24.3 Å². The first-order chi connectivity index (χ1) is 8.13. The molecule has 0 aromatic heterocycles. The minimum atomic E-state index is 0.103. The molecule has 1 unspecified atom stereocenters. The third kappa shape index (κ3) is 5.22. The fourth-order valence-corrected chi connectivity index (χ4v) is 2.02. The van der Waals surface area contributed by atoms with E-state index in [1.165, 1.54) is 0 Å². The van der Waals surface area contributed by atoms with E-state index in [-0.39, 0.29) is 5.91 Å². The van der Waals surface area contributed by atoms with Gasteiger partial charge in [0.05, 0.1) is 0 Å². The molecule has 94 valence electrons. The summed E-state index contributed by atoms with van der Waals surface area (Å²) in [6.45, 7) is 4.76. The Kier molecular flexibility index (Phi) is 6.06. The largest absolute Gasteiger partial charge is 0.352 e. The van der Waals surface area contributed by atoms with Gasteiger partial charge in [0.15, 0.2) is 0 Å². The normalized spacial score (nSPS) is 12.2. The summed E-state index contributed by atoms with van der Waals surface area (Å²) in [5.41, 5.74) is 0.964. The highest BCUT2D eigenvalue weighted by atomic mass is 35.5. The summed E-state index contributed by atoms with van der Waals surface area (Å²) in [7, 11) is 0. The van der Waals surface area contributed by atoms with Gasteiger partial charge in [-0.3, -0.25) is 4.79 Å². The summed E-state index contributed by atoms with van der Waals surface area (Å²) < 4.78 is 0. The quantitative estimate of drug-likeness (QED) is 0.821. The number of amides is 1. The number of hydrogen-bond donors (Lipinski definition) is 1. The maximum absolute atomic E-state index is 11.7. The van der Waals surface area contributed by atoms with Crippen molar-refractivity contribution in [2.45, 2.75) is 39.7 Å². The molecule has 0 bridgehead atoms. The van der Waals surface area contributed by atoms with Crippen molar-refractivity contribution in [2.24, 2.45) is 5.92 Å². The number of halogens is 1. The Balaban J connectivity index is 2.36. The monoisotopic (exact) mass is 253 g/mol. The maximum atomic E-state index is 11.7. The summed E-state index contributed by atoms with van der Waals surface area (Å²) >= 11 is 6.01. The Morgan fingerprint density at radius 2 is 2.12 bits per heavy atom. The minimum Gasteiger partial charge on any atom is -0.352 e. The highest BCUT2D eigenvalue weighted by Gasteiger charge is 2.08. The van der Waals surface area contributed by atoms with E-state index < -0.39 is 0 Å². The van der Waals surface area contributed by atoms with E-state index in [4.69, 9.17) is 11.6 Å². The van der Waals surface area contributed by atoms with Crippen LogP contribution in [0.2, 0.25) is 5.02 Å². The Hall–Kier alpha value is -1.02. The van der Waals surface area contributed by atoms with E-state index in [1.807, 2.05) is 24.3 Å². The van der Waals surface area contributed by atoms with Crippen LogP contribution in [0.5, 0.6) is 0 Å². The fourth-order valence-electron chi connectivity index (χ4n) is 1.82. The molecule has 0 fully saturated rings. The van der Waals surface area contributed by atoms with E-state index >= 15 is 0 Å². The van der Waals surface area contributed by atoms with E-state index in [9.17, 15) is 4.79 Å². The molecule has 1 aromatic rings. The molecule has 17 heavy (non-hydrogen) atoms. The predicted octanol–water partition coefficient (Wildman–Crippen LogP) is 3.78. The Morgan fingerprint density at radius 3 is 2.76 bits per heavy atom. The number of hydrogen-bond acceptors (Lipinski definition) is 1. The lowest BCUT2D eigenvalue weighted by atomic mass is 10.0. The van der Waals surface area contributed by atoms with Crippen LogP contribution in [0, 0.1) is 5.92 Å². The van der Waals surface area contributed by atoms with E-state index in [1.54, 1.807) is 0 Å². The van der Waals surface area contributed by atoms with Crippen molar-refractivity contribution in [2.75, 3.05) is 0 Å². The van der Waals surface area contributed by atoms with Crippen LogP contribution >= 0.6 is 11.6 Å². The van der Waals surface area contributed by atoms with Gasteiger partial charge >= 0.3 is 0 Å². The van der Waals surface area contributed by atoms with Crippen molar-refractivity contribution in [1.29, 1.82) is 0 Å². The van der Waals surface area contributed by atoms with Crippen molar-refractivity contribution in [3.63, 3.8) is 0 Å². The fraction of sp³-hybridized carbons (Fsp3) is 0.500. The highest BCUT2D eigenvalue weighted by Crippen LogP contribution is 2.15. The molecular weight excluding hydrogens is 234 g/mol. The summed E-state index contributed by atoms with van der Waals surface area (Å²) in [5.74, 6) is 0.553. The number of carbonyl (C=O) groups is 1. The van der Waals surface area contributed by atoms with Crippen LogP contribution in [-0.4, -0.2) is 5.91 Å². The first-order valence-corrected chi connectivity index (χ1v) is 6.51. The smallest absolute Gasteiger partial charge is 0.220 e. The summed E-state index contributed by atoms with van der Waals surface area (Å²) in [6, 6.07) is 7.57. The van der Waals surface area contributed by atoms with Crippen molar-refractivity contribution < 1.29 is 4.79 Å². The molecule has 0 saturated heterocycles. The second-order valence-electron chi connectivity index (χ2n) is 4.47. The van der Waals surface area contributed by atoms with Gasteiger partial charge in [0, 0.05) is 18.0 Å². The lowest BCUT2D eigenvalue weighted by Crippen LogP contribution is -2.24. The van der Waals surface area contributed by atoms with E-state index in [0.29, 0.717) is 23.9 Å². The van der Waals surface area contributed by atoms with Crippen LogP contribution < -0.4 is 5.32 Å². The van der Waals surface area contributed by atoms with E-state index in [2.05, 4.69) is 19.2 Å². The van der Waals surface area contributed by atoms with Gasteiger partial charge in [-0.15, -0.1) is 0 Å². The number of rotatable bonds is 6. The first kappa shape index (κ1) is 14.0. The van der Waals surface area contributed by atoms with Crippen LogP contribution in [-0.2, 0) is 11.3 Å². The molecule has 1 N–H and O–H groups in total. The van der Waals surface area contributed by atoms with Gasteiger partial charge < -0.3 is 5.32 Å². The average molecular weight is 254 g/mol. The van der Waals surface area contributed by atoms with Crippen LogP contribution in [0.25, 0.3) is 0 Å². The molecule has 1 amide bonds. The van der Waals surface area contributed by atoms with Gasteiger partial charge in [-0.25, -0.2) is 0 Å². The summed E-state index contributed by atoms with van der Waals surface area (Å²) in [5, 5.41) is 3.61. The number of benzene rings is 1. The first-order valence-electron chi connectivity index (χ1n) is 6.13. The second-order valence-corrected chi connectivity index (χ2v) is 4.87. The third-order valence-corrected chi connectivity index (χ3v) is 3.12. The molecule has 0 heterocycles. The summed E-state index contributed by atoms with van der Waals surface area (Å²) in [6.07, 6.45) is 2.82. The van der Waals surface area contributed by atoms with E-state index in [0.717, 1.165) is 18.4 Å². The van der Waals surface area contributed by atoms with Crippen molar-refractivity contribution in [3.8, 4) is 0 Å². The zero-order valence-electron chi connectivity index (χ0n) is 10.5. The average Bonchev–Trinajstić information content (AvgIpc) is 2.28. The molecule has 0 aliphatic rings.